The third-order valence-corrected chi connectivity index (χ3v) is 3.31. The number of nitrogens with zero attached hydrogens (tertiary/aromatic N) is 1. The smallest absolute Gasteiger partial charge is 0.160 e. The number of hydrogen-bond acceptors (Lipinski definition) is 4. The molecule has 2 rings (SSSR count). The summed E-state index contributed by atoms with van der Waals surface area (Å²) in [4.78, 5) is 4.46. The molecule has 0 bridgehead atoms. The van der Waals surface area contributed by atoms with Crippen molar-refractivity contribution >= 4 is 6.21 Å². The van der Waals surface area contributed by atoms with Gasteiger partial charge in [-0.15, -0.1) is 0 Å². The van der Waals surface area contributed by atoms with Crippen LogP contribution < -0.4 is 14.2 Å². The van der Waals surface area contributed by atoms with E-state index in [9.17, 15) is 0 Å². The number of rotatable bonds is 7. The maximum Gasteiger partial charge on any atom is 0.160 e. The highest BCUT2D eigenvalue weighted by atomic mass is 16.5. The first-order valence-corrected chi connectivity index (χ1v) is 7.11. The summed E-state index contributed by atoms with van der Waals surface area (Å²) in [6.45, 7) is 0.715. The van der Waals surface area contributed by atoms with Crippen LogP contribution in [0.2, 0.25) is 0 Å². The van der Waals surface area contributed by atoms with Crippen molar-refractivity contribution in [1.82, 2.24) is 0 Å². The van der Waals surface area contributed by atoms with E-state index in [1.165, 1.54) is 5.56 Å². The highest BCUT2D eigenvalue weighted by Gasteiger charge is 2.03. The molecule has 116 valence electrons. The molecule has 2 aromatic rings. The average molecular weight is 299 g/mol. The molecule has 0 aliphatic rings. The minimum absolute atomic E-state index is 0.715. The topological polar surface area (TPSA) is 40.0 Å². The zero-order chi connectivity index (χ0) is 15.8. The van der Waals surface area contributed by atoms with E-state index in [-0.39, 0.29) is 0 Å². The van der Waals surface area contributed by atoms with Crippen LogP contribution in [0.1, 0.15) is 11.1 Å². The van der Waals surface area contributed by atoms with E-state index in [0.29, 0.717) is 6.54 Å². The Bertz CT molecular complexity index is 638. The first-order valence-electron chi connectivity index (χ1n) is 7.11. The van der Waals surface area contributed by atoms with Crippen LogP contribution in [0.3, 0.4) is 0 Å². The molecule has 0 N–H and O–H groups in total. The Morgan fingerprint density at radius 2 is 1.73 bits per heavy atom. The van der Waals surface area contributed by atoms with Gasteiger partial charge in [-0.05, 0) is 41.8 Å². The number of aliphatic imine (C=N–C) groups is 1. The maximum atomic E-state index is 5.30. The molecule has 0 heterocycles. The van der Waals surface area contributed by atoms with E-state index in [2.05, 4.69) is 4.99 Å². The molecule has 0 atom stereocenters. The molecule has 0 aliphatic carbocycles. The number of hydrogen-bond donors (Lipinski definition) is 0. The molecule has 0 aromatic heterocycles. The molecular weight excluding hydrogens is 278 g/mol. The van der Waals surface area contributed by atoms with Crippen molar-refractivity contribution in [1.29, 1.82) is 0 Å². The fraction of sp³-hybridized carbons (Fsp3) is 0.278. The van der Waals surface area contributed by atoms with Gasteiger partial charge < -0.3 is 14.2 Å². The Balaban J connectivity index is 1.94. The molecule has 0 spiro atoms. The molecule has 4 heteroatoms. The molecule has 0 aliphatic heterocycles. The summed E-state index contributed by atoms with van der Waals surface area (Å²) in [5, 5.41) is 0. The molecule has 0 saturated heterocycles. The third kappa shape index (κ3) is 4.25. The van der Waals surface area contributed by atoms with Crippen LogP contribution in [-0.4, -0.2) is 34.1 Å². The van der Waals surface area contributed by atoms with Crippen molar-refractivity contribution in [2.45, 2.75) is 6.42 Å². The average Bonchev–Trinajstić information content (AvgIpc) is 2.58. The van der Waals surface area contributed by atoms with Crippen molar-refractivity contribution in [2.75, 3.05) is 27.9 Å². The number of benzene rings is 2. The van der Waals surface area contributed by atoms with Crippen molar-refractivity contribution in [3.63, 3.8) is 0 Å². The van der Waals surface area contributed by atoms with Crippen LogP contribution in [-0.2, 0) is 6.42 Å². The van der Waals surface area contributed by atoms with E-state index in [1.807, 2.05) is 48.7 Å². The van der Waals surface area contributed by atoms with Gasteiger partial charge in [-0.2, -0.15) is 0 Å². The maximum absolute atomic E-state index is 5.30. The first kappa shape index (κ1) is 15.9. The van der Waals surface area contributed by atoms with Crippen LogP contribution in [0, 0.1) is 0 Å². The van der Waals surface area contributed by atoms with Gasteiger partial charge in [-0.3, -0.25) is 4.99 Å². The third-order valence-electron chi connectivity index (χ3n) is 3.31. The summed E-state index contributed by atoms with van der Waals surface area (Å²) >= 11 is 0. The fourth-order valence-electron chi connectivity index (χ4n) is 2.12. The van der Waals surface area contributed by atoms with Gasteiger partial charge in [0, 0.05) is 12.8 Å². The largest absolute Gasteiger partial charge is 0.497 e. The van der Waals surface area contributed by atoms with E-state index < -0.39 is 0 Å². The molecule has 4 nitrogen and oxygen atoms in total. The van der Waals surface area contributed by atoms with E-state index in [0.717, 1.165) is 29.2 Å². The Morgan fingerprint density at radius 3 is 2.45 bits per heavy atom. The lowest BCUT2D eigenvalue weighted by atomic mass is 10.1. The van der Waals surface area contributed by atoms with E-state index >= 15 is 0 Å². The van der Waals surface area contributed by atoms with Crippen LogP contribution in [0.25, 0.3) is 0 Å². The zero-order valence-electron chi connectivity index (χ0n) is 13.2. The fourth-order valence-corrected chi connectivity index (χ4v) is 2.12. The van der Waals surface area contributed by atoms with Gasteiger partial charge in [-0.25, -0.2) is 0 Å². The molecule has 0 saturated carbocycles. The lowest BCUT2D eigenvalue weighted by molar-refractivity contribution is 0.354. The van der Waals surface area contributed by atoms with Crippen LogP contribution >= 0.6 is 0 Å². The summed E-state index contributed by atoms with van der Waals surface area (Å²) < 4.78 is 15.7. The minimum atomic E-state index is 0.715. The second-order valence-corrected chi connectivity index (χ2v) is 4.75. The molecule has 0 unspecified atom stereocenters. The lowest BCUT2D eigenvalue weighted by Gasteiger charge is -2.08. The van der Waals surface area contributed by atoms with E-state index in [1.54, 1.807) is 21.3 Å². The monoisotopic (exact) mass is 299 g/mol. The van der Waals surface area contributed by atoms with Crippen LogP contribution in [0.5, 0.6) is 17.2 Å². The standard InChI is InChI=1S/C18H21NO3/c1-20-16-6-4-5-15(11-16)13-19-10-9-14-7-8-17(21-2)18(12-14)22-3/h4-8,11-13H,9-10H2,1-3H3. The molecule has 0 fully saturated rings. The van der Waals surface area contributed by atoms with Gasteiger partial charge in [0.2, 0.25) is 0 Å². The molecule has 0 amide bonds. The van der Waals surface area contributed by atoms with Gasteiger partial charge >= 0.3 is 0 Å². The summed E-state index contributed by atoms with van der Waals surface area (Å²) in [6.07, 6.45) is 2.71. The van der Waals surface area contributed by atoms with Crippen LogP contribution in [0.15, 0.2) is 47.5 Å². The summed E-state index contributed by atoms with van der Waals surface area (Å²) in [5.74, 6) is 2.33. The number of methoxy groups -OCH3 is 3. The van der Waals surface area contributed by atoms with Gasteiger partial charge in [0.15, 0.2) is 11.5 Å². The summed E-state index contributed by atoms with van der Waals surface area (Å²) in [6, 6.07) is 13.8. The number of ether oxygens (including phenoxy) is 3. The van der Waals surface area contributed by atoms with Crippen LogP contribution in [0.4, 0.5) is 0 Å². The van der Waals surface area contributed by atoms with Gasteiger partial charge in [0.05, 0.1) is 21.3 Å². The van der Waals surface area contributed by atoms with Gasteiger partial charge in [0.25, 0.3) is 0 Å². The first-order chi connectivity index (χ1) is 10.8. The predicted octanol–water partition coefficient (Wildman–Crippen LogP) is 3.37. The quantitative estimate of drug-likeness (QED) is 0.736. The lowest BCUT2D eigenvalue weighted by Crippen LogP contribution is -1.95. The molecule has 2 aromatic carbocycles. The Kier molecular flexibility index (Phi) is 5.83. The van der Waals surface area contributed by atoms with Crippen molar-refractivity contribution < 1.29 is 14.2 Å². The SMILES string of the molecule is COc1cccc(C=NCCc2ccc(OC)c(OC)c2)c1. The Hall–Kier alpha value is -2.49. The summed E-state index contributed by atoms with van der Waals surface area (Å²) in [7, 11) is 4.94. The van der Waals surface area contributed by atoms with Gasteiger partial charge in [-0.1, -0.05) is 18.2 Å². The normalized spacial score (nSPS) is 10.7. The minimum Gasteiger partial charge on any atom is -0.497 e. The molecular formula is C18H21NO3. The Morgan fingerprint density at radius 1 is 0.909 bits per heavy atom. The highest BCUT2D eigenvalue weighted by molar-refractivity contribution is 5.80. The second kappa shape index (κ2) is 8.08. The van der Waals surface area contributed by atoms with Gasteiger partial charge in [0.1, 0.15) is 5.75 Å². The summed E-state index contributed by atoms with van der Waals surface area (Å²) in [5.41, 5.74) is 2.20. The van der Waals surface area contributed by atoms with Crippen molar-refractivity contribution in [2.24, 2.45) is 4.99 Å². The second-order valence-electron chi connectivity index (χ2n) is 4.75. The predicted molar refractivity (Wildman–Crippen MR) is 88.7 cm³/mol. The Labute approximate surface area is 131 Å². The molecule has 0 radical (unpaired) electrons. The van der Waals surface area contributed by atoms with Crippen molar-refractivity contribution in [3.05, 3.63) is 53.6 Å². The zero-order valence-corrected chi connectivity index (χ0v) is 13.2. The highest BCUT2D eigenvalue weighted by Crippen LogP contribution is 2.27. The van der Waals surface area contributed by atoms with E-state index in [4.69, 9.17) is 14.2 Å². The van der Waals surface area contributed by atoms with Crippen molar-refractivity contribution in [3.8, 4) is 17.2 Å². The molecule has 22 heavy (non-hydrogen) atoms.